The molecule has 1 heterocycles. The zero-order chi connectivity index (χ0) is 18.0. The number of Topliss-reactive ketones (excluding diaryl/α,β-unsaturated/α-hetero) is 1. The van der Waals surface area contributed by atoms with Crippen molar-refractivity contribution in [1.82, 2.24) is 9.80 Å². The third kappa shape index (κ3) is 3.51. The van der Waals surface area contributed by atoms with E-state index in [9.17, 15) is 14.7 Å². The van der Waals surface area contributed by atoms with Crippen molar-refractivity contribution in [2.45, 2.75) is 32.7 Å². The molecular formula is C19H26N2O3. The van der Waals surface area contributed by atoms with Crippen molar-refractivity contribution in [2.75, 3.05) is 27.2 Å². The van der Waals surface area contributed by atoms with Crippen LogP contribution >= 0.6 is 0 Å². The van der Waals surface area contributed by atoms with Gasteiger partial charge in [-0.15, -0.1) is 0 Å². The molecule has 0 saturated carbocycles. The summed E-state index contributed by atoms with van der Waals surface area (Å²) in [6.45, 7) is 6.73. The Labute approximate surface area is 143 Å². The lowest BCUT2D eigenvalue weighted by Gasteiger charge is -2.28. The highest BCUT2D eigenvalue weighted by molar-refractivity contribution is 6.08. The third-order valence-corrected chi connectivity index (χ3v) is 4.39. The first-order valence-electron chi connectivity index (χ1n) is 8.23. The standard InChI is InChI=1S/C19H26N2O3/c1-12(2)14-6-8-15(9-7-14)17-16(13(3)22)18(23)19(24)21(17)11-10-20(4)5/h6-9,12,17,23H,10-11H2,1-5H3. The topological polar surface area (TPSA) is 60.9 Å². The van der Waals surface area contributed by atoms with E-state index in [1.165, 1.54) is 12.5 Å². The highest BCUT2D eigenvalue weighted by Crippen LogP contribution is 2.37. The zero-order valence-electron chi connectivity index (χ0n) is 15.0. The number of benzene rings is 1. The van der Waals surface area contributed by atoms with Gasteiger partial charge in [-0.2, -0.15) is 0 Å². The number of ketones is 1. The molecule has 1 aliphatic heterocycles. The first-order chi connectivity index (χ1) is 11.2. The van der Waals surface area contributed by atoms with Crippen molar-refractivity contribution in [1.29, 1.82) is 0 Å². The molecule has 5 nitrogen and oxygen atoms in total. The van der Waals surface area contributed by atoms with Crippen LogP contribution in [0.15, 0.2) is 35.6 Å². The molecule has 0 radical (unpaired) electrons. The van der Waals surface area contributed by atoms with E-state index in [4.69, 9.17) is 0 Å². The van der Waals surface area contributed by atoms with Gasteiger partial charge in [0.05, 0.1) is 11.6 Å². The first-order valence-corrected chi connectivity index (χ1v) is 8.23. The van der Waals surface area contributed by atoms with E-state index in [0.717, 1.165) is 5.56 Å². The van der Waals surface area contributed by atoms with E-state index in [2.05, 4.69) is 13.8 Å². The molecule has 1 amide bonds. The van der Waals surface area contributed by atoms with Crippen LogP contribution in [0.5, 0.6) is 0 Å². The molecule has 0 bridgehead atoms. The van der Waals surface area contributed by atoms with Crippen LogP contribution in [0.1, 0.15) is 43.9 Å². The summed E-state index contributed by atoms with van der Waals surface area (Å²) in [4.78, 5) is 28.0. The molecule has 1 aromatic carbocycles. The maximum atomic E-state index is 12.4. The summed E-state index contributed by atoms with van der Waals surface area (Å²) in [6.07, 6.45) is 0. The first kappa shape index (κ1) is 18.2. The predicted molar refractivity (Wildman–Crippen MR) is 93.9 cm³/mol. The van der Waals surface area contributed by atoms with Gasteiger partial charge in [-0.3, -0.25) is 9.59 Å². The number of rotatable bonds is 6. The number of carbonyl (C=O) groups is 2. The average Bonchev–Trinajstić information content (AvgIpc) is 2.77. The van der Waals surface area contributed by atoms with Gasteiger partial charge in [0.2, 0.25) is 0 Å². The van der Waals surface area contributed by atoms with Crippen LogP contribution < -0.4 is 0 Å². The fourth-order valence-corrected chi connectivity index (χ4v) is 2.96. The number of amides is 1. The van der Waals surface area contributed by atoms with Crippen molar-refractivity contribution >= 4 is 11.7 Å². The number of hydrogen-bond acceptors (Lipinski definition) is 4. The van der Waals surface area contributed by atoms with Crippen molar-refractivity contribution in [3.8, 4) is 0 Å². The second kappa shape index (κ2) is 7.18. The summed E-state index contributed by atoms with van der Waals surface area (Å²) in [7, 11) is 3.85. The molecule has 0 aliphatic carbocycles. The Balaban J connectivity index is 2.42. The highest BCUT2D eigenvalue weighted by atomic mass is 16.3. The molecule has 0 aromatic heterocycles. The fourth-order valence-electron chi connectivity index (χ4n) is 2.96. The fraction of sp³-hybridized carbons (Fsp3) is 0.474. The molecule has 1 N–H and O–H groups in total. The van der Waals surface area contributed by atoms with Crippen molar-refractivity contribution < 1.29 is 14.7 Å². The lowest BCUT2D eigenvalue weighted by atomic mass is 9.94. The molecule has 1 aliphatic rings. The summed E-state index contributed by atoms with van der Waals surface area (Å²) in [5.74, 6) is -0.754. The smallest absolute Gasteiger partial charge is 0.290 e. The molecule has 5 heteroatoms. The van der Waals surface area contributed by atoms with Gasteiger partial charge in [0.15, 0.2) is 11.5 Å². The molecule has 1 atom stereocenters. The van der Waals surface area contributed by atoms with Gasteiger partial charge >= 0.3 is 0 Å². The molecule has 0 spiro atoms. The van der Waals surface area contributed by atoms with Gasteiger partial charge < -0.3 is 14.9 Å². The number of hydrogen-bond donors (Lipinski definition) is 1. The minimum absolute atomic E-state index is 0.191. The molecule has 0 fully saturated rings. The second-order valence-electron chi connectivity index (χ2n) is 6.84. The van der Waals surface area contributed by atoms with Gasteiger partial charge in [0.25, 0.3) is 5.91 Å². The van der Waals surface area contributed by atoms with Gasteiger partial charge in [-0.1, -0.05) is 38.1 Å². The lowest BCUT2D eigenvalue weighted by Crippen LogP contribution is -2.36. The van der Waals surface area contributed by atoms with E-state index in [0.29, 0.717) is 19.0 Å². The molecule has 1 unspecified atom stereocenters. The maximum Gasteiger partial charge on any atom is 0.290 e. The Kier molecular flexibility index (Phi) is 5.44. The van der Waals surface area contributed by atoms with Crippen LogP contribution in [0.2, 0.25) is 0 Å². The minimum Gasteiger partial charge on any atom is -0.503 e. The SMILES string of the molecule is CC(=O)C1=C(O)C(=O)N(CCN(C)C)C1c1ccc(C(C)C)cc1. The number of carbonyl (C=O) groups excluding carboxylic acids is 2. The Morgan fingerprint density at radius 2 is 1.83 bits per heavy atom. The van der Waals surface area contributed by atoms with E-state index >= 15 is 0 Å². The van der Waals surface area contributed by atoms with Crippen LogP contribution in [0.3, 0.4) is 0 Å². The number of nitrogens with zero attached hydrogens (tertiary/aromatic N) is 2. The van der Waals surface area contributed by atoms with Gasteiger partial charge in [0.1, 0.15) is 0 Å². The third-order valence-electron chi connectivity index (χ3n) is 4.39. The van der Waals surface area contributed by atoms with E-state index < -0.39 is 17.7 Å². The van der Waals surface area contributed by atoms with Gasteiger partial charge in [-0.25, -0.2) is 0 Å². The minimum atomic E-state index is -0.517. The van der Waals surface area contributed by atoms with Crippen LogP contribution in [0, 0.1) is 0 Å². The summed E-state index contributed by atoms with van der Waals surface area (Å²) in [5, 5.41) is 10.2. The number of aliphatic hydroxyl groups is 1. The van der Waals surface area contributed by atoms with Gasteiger partial charge in [-0.05, 0) is 38.1 Å². The quantitative estimate of drug-likeness (QED) is 0.871. The zero-order valence-corrected chi connectivity index (χ0v) is 15.0. The molecular weight excluding hydrogens is 304 g/mol. The summed E-state index contributed by atoms with van der Waals surface area (Å²) in [5.41, 5.74) is 2.23. The molecule has 2 rings (SSSR count). The normalized spacial score (nSPS) is 18.2. The molecule has 0 saturated heterocycles. The maximum absolute atomic E-state index is 12.4. The largest absolute Gasteiger partial charge is 0.503 e. The lowest BCUT2D eigenvalue weighted by molar-refractivity contribution is -0.129. The summed E-state index contributed by atoms with van der Waals surface area (Å²) < 4.78 is 0. The van der Waals surface area contributed by atoms with E-state index in [1.807, 2.05) is 43.3 Å². The molecule has 1 aromatic rings. The molecule has 24 heavy (non-hydrogen) atoms. The predicted octanol–water partition coefficient (Wildman–Crippen LogP) is 2.66. The van der Waals surface area contributed by atoms with Crippen molar-refractivity contribution in [3.05, 3.63) is 46.7 Å². The Hall–Kier alpha value is -2.14. The Morgan fingerprint density at radius 3 is 2.29 bits per heavy atom. The average molecular weight is 330 g/mol. The Morgan fingerprint density at radius 1 is 1.25 bits per heavy atom. The van der Waals surface area contributed by atoms with Crippen molar-refractivity contribution in [3.63, 3.8) is 0 Å². The van der Waals surface area contributed by atoms with Crippen LogP contribution in [-0.2, 0) is 9.59 Å². The van der Waals surface area contributed by atoms with Crippen LogP contribution in [-0.4, -0.2) is 53.8 Å². The van der Waals surface area contributed by atoms with Gasteiger partial charge in [0, 0.05) is 13.1 Å². The number of likely N-dealkylation sites (N-methyl/N-ethyl adjacent to an activating group) is 1. The van der Waals surface area contributed by atoms with Crippen LogP contribution in [0.4, 0.5) is 0 Å². The Bertz CT molecular complexity index is 660. The monoisotopic (exact) mass is 330 g/mol. The highest BCUT2D eigenvalue weighted by Gasteiger charge is 2.42. The molecule has 130 valence electrons. The summed E-state index contributed by atoms with van der Waals surface area (Å²) >= 11 is 0. The second-order valence-corrected chi connectivity index (χ2v) is 6.84. The number of aliphatic hydroxyl groups excluding tert-OH is 1. The van der Waals surface area contributed by atoms with E-state index in [-0.39, 0.29) is 11.4 Å². The van der Waals surface area contributed by atoms with Crippen LogP contribution in [0.25, 0.3) is 0 Å². The van der Waals surface area contributed by atoms with E-state index in [1.54, 1.807) is 4.90 Å². The summed E-state index contributed by atoms with van der Waals surface area (Å²) in [6, 6.07) is 7.40. The van der Waals surface area contributed by atoms with Crippen molar-refractivity contribution in [2.24, 2.45) is 0 Å².